The van der Waals surface area contributed by atoms with Gasteiger partial charge in [-0.25, -0.2) is 0 Å². The molecule has 0 saturated heterocycles. The Morgan fingerprint density at radius 2 is 1.94 bits per heavy atom. The average molecular weight is 330 g/mol. The van der Waals surface area contributed by atoms with E-state index in [1.54, 1.807) is 0 Å². The summed E-state index contributed by atoms with van der Waals surface area (Å²) in [6.07, 6.45) is 9.67. The lowest BCUT2D eigenvalue weighted by Crippen LogP contribution is -2.09. The van der Waals surface area contributed by atoms with E-state index in [4.69, 9.17) is 11.6 Å². The van der Waals surface area contributed by atoms with E-state index in [2.05, 4.69) is 28.1 Å². The van der Waals surface area contributed by atoms with Crippen LogP contribution in [0.3, 0.4) is 0 Å². The van der Waals surface area contributed by atoms with Gasteiger partial charge < -0.3 is 0 Å². The van der Waals surface area contributed by atoms with Crippen molar-refractivity contribution in [2.45, 2.75) is 44.9 Å². The van der Waals surface area contributed by atoms with Gasteiger partial charge in [-0.15, -0.1) is 0 Å². The monoisotopic (exact) mass is 328 g/mol. The molecular weight excluding hydrogens is 308 g/mol. The lowest BCUT2D eigenvalue weighted by Gasteiger charge is -2.17. The van der Waals surface area contributed by atoms with Gasteiger partial charge in [-0.3, -0.25) is 0 Å². The number of hydrogen-bond acceptors (Lipinski definition) is 0. The molecule has 1 unspecified atom stereocenters. The minimum absolute atomic E-state index is 0.727. The fraction of sp³-hybridized carbons (Fsp3) is 0.625. The molecular formula is C16H22BrCl. The first-order valence-corrected chi connectivity index (χ1v) is 8.59. The second-order valence-electron chi connectivity index (χ2n) is 5.54. The van der Waals surface area contributed by atoms with Crippen molar-refractivity contribution >= 4 is 27.5 Å². The largest absolute Gasteiger partial charge is 0.0925 e. The molecule has 0 bridgehead atoms. The highest BCUT2D eigenvalue weighted by Crippen LogP contribution is 2.31. The van der Waals surface area contributed by atoms with Crippen molar-refractivity contribution in [2.75, 3.05) is 5.33 Å². The van der Waals surface area contributed by atoms with Crippen LogP contribution in [0.25, 0.3) is 0 Å². The molecule has 100 valence electrons. The Bertz CT molecular complexity index is 358. The van der Waals surface area contributed by atoms with Crippen LogP contribution in [0.5, 0.6) is 0 Å². The van der Waals surface area contributed by atoms with E-state index in [0.29, 0.717) is 0 Å². The highest BCUT2D eigenvalue weighted by atomic mass is 79.9. The number of alkyl halides is 1. The molecule has 0 heterocycles. The van der Waals surface area contributed by atoms with E-state index < -0.39 is 0 Å². The standard InChI is InChI=1S/C16H22BrCl/c17-12-14(10-9-13-5-1-2-6-13)11-15-7-3-4-8-16(15)18/h3-4,7-8,13-14H,1-2,5-6,9-12H2. The third-order valence-corrected chi connectivity index (χ3v) is 5.43. The second kappa shape index (κ2) is 7.55. The molecule has 1 aliphatic carbocycles. The molecule has 18 heavy (non-hydrogen) atoms. The second-order valence-corrected chi connectivity index (χ2v) is 6.60. The van der Waals surface area contributed by atoms with Crippen molar-refractivity contribution in [2.24, 2.45) is 11.8 Å². The lowest BCUT2D eigenvalue weighted by atomic mass is 9.91. The van der Waals surface area contributed by atoms with E-state index >= 15 is 0 Å². The number of rotatable bonds is 6. The van der Waals surface area contributed by atoms with Crippen LogP contribution < -0.4 is 0 Å². The quantitative estimate of drug-likeness (QED) is 0.573. The highest BCUT2D eigenvalue weighted by molar-refractivity contribution is 9.09. The van der Waals surface area contributed by atoms with Crippen LogP contribution in [0.15, 0.2) is 24.3 Å². The molecule has 0 radical (unpaired) electrons. The molecule has 0 N–H and O–H groups in total. The Kier molecular flexibility index (Phi) is 6.04. The van der Waals surface area contributed by atoms with Crippen molar-refractivity contribution in [1.82, 2.24) is 0 Å². The Hall–Kier alpha value is -0.0100. The predicted octanol–water partition coefficient (Wildman–Crippen LogP) is 5.86. The molecule has 0 aromatic heterocycles. The van der Waals surface area contributed by atoms with Gasteiger partial charge in [0.2, 0.25) is 0 Å². The molecule has 2 heteroatoms. The molecule has 0 aliphatic heterocycles. The van der Waals surface area contributed by atoms with Gasteiger partial charge in [-0.05, 0) is 36.3 Å². The predicted molar refractivity (Wildman–Crippen MR) is 83.6 cm³/mol. The maximum absolute atomic E-state index is 6.24. The fourth-order valence-electron chi connectivity index (χ4n) is 2.98. The highest BCUT2D eigenvalue weighted by Gasteiger charge is 2.17. The van der Waals surface area contributed by atoms with E-state index in [1.165, 1.54) is 44.1 Å². The summed E-state index contributed by atoms with van der Waals surface area (Å²) < 4.78 is 0. The zero-order chi connectivity index (χ0) is 12.8. The third kappa shape index (κ3) is 4.28. The first-order valence-electron chi connectivity index (χ1n) is 7.09. The van der Waals surface area contributed by atoms with Gasteiger partial charge in [0.15, 0.2) is 0 Å². The van der Waals surface area contributed by atoms with Crippen molar-refractivity contribution in [3.63, 3.8) is 0 Å². The van der Waals surface area contributed by atoms with E-state index in [-0.39, 0.29) is 0 Å². The maximum atomic E-state index is 6.24. The third-order valence-electron chi connectivity index (χ3n) is 4.14. The lowest BCUT2D eigenvalue weighted by molar-refractivity contribution is 0.419. The Morgan fingerprint density at radius 1 is 1.22 bits per heavy atom. The van der Waals surface area contributed by atoms with Crippen molar-refractivity contribution in [3.8, 4) is 0 Å². The SMILES string of the molecule is Clc1ccccc1CC(CBr)CCC1CCCC1. The van der Waals surface area contributed by atoms with Gasteiger partial charge in [-0.1, -0.05) is 77.8 Å². The molecule has 0 spiro atoms. The zero-order valence-corrected chi connectivity index (χ0v) is 13.2. The summed E-state index contributed by atoms with van der Waals surface area (Å²) in [5.74, 6) is 1.73. The Morgan fingerprint density at radius 3 is 2.61 bits per heavy atom. The number of hydrogen-bond donors (Lipinski definition) is 0. The maximum Gasteiger partial charge on any atom is 0.0438 e. The molecule has 1 aromatic carbocycles. The van der Waals surface area contributed by atoms with Gasteiger partial charge in [0.25, 0.3) is 0 Å². The summed E-state index contributed by atoms with van der Waals surface area (Å²) in [6, 6.07) is 8.25. The molecule has 2 rings (SSSR count). The van der Waals surface area contributed by atoms with Crippen molar-refractivity contribution in [1.29, 1.82) is 0 Å². The minimum Gasteiger partial charge on any atom is -0.0925 e. The molecule has 0 nitrogen and oxygen atoms in total. The van der Waals surface area contributed by atoms with Crippen LogP contribution in [0.2, 0.25) is 5.02 Å². The topological polar surface area (TPSA) is 0 Å². The smallest absolute Gasteiger partial charge is 0.0438 e. The molecule has 1 fully saturated rings. The van der Waals surface area contributed by atoms with E-state index in [0.717, 1.165) is 28.6 Å². The van der Waals surface area contributed by atoms with Crippen LogP contribution >= 0.6 is 27.5 Å². The fourth-order valence-corrected chi connectivity index (χ4v) is 3.74. The summed E-state index contributed by atoms with van der Waals surface area (Å²) in [7, 11) is 0. The van der Waals surface area contributed by atoms with Crippen LogP contribution in [0.4, 0.5) is 0 Å². The Labute approximate surface area is 124 Å². The molecule has 1 aromatic rings. The van der Waals surface area contributed by atoms with E-state index in [9.17, 15) is 0 Å². The van der Waals surface area contributed by atoms with E-state index in [1.807, 2.05) is 12.1 Å². The van der Waals surface area contributed by atoms with Crippen LogP contribution in [0.1, 0.15) is 44.1 Å². The summed E-state index contributed by atoms with van der Waals surface area (Å²) in [5, 5.41) is 2.01. The van der Waals surface area contributed by atoms with Crippen LogP contribution in [-0.4, -0.2) is 5.33 Å². The molecule has 0 amide bonds. The summed E-state index contributed by atoms with van der Waals surface area (Å²) in [4.78, 5) is 0. The van der Waals surface area contributed by atoms with Gasteiger partial charge in [0.1, 0.15) is 0 Å². The minimum atomic E-state index is 0.727. The number of halogens is 2. The van der Waals surface area contributed by atoms with Gasteiger partial charge in [-0.2, -0.15) is 0 Å². The average Bonchev–Trinajstić information content (AvgIpc) is 2.90. The van der Waals surface area contributed by atoms with Crippen LogP contribution in [-0.2, 0) is 6.42 Å². The molecule has 1 atom stereocenters. The van der Waals surface area contributed by atoms with Gasteiger partial charge in [0, 0.05) is 10.4 Å². The first-order chi connectivity index (χ1) is 8.79. The zero-order valence-electron chi connectivity index (χ0n) is 10.9. The summed E-state index contributed by atoms with van der Waals surface area (Å²) in [5.41, 5.74) is 1.30. The summed E-state index contributed by atoms with van der Waals surface area (Å²) >= 11 is 9.90. The molecule has 1 aliphatic rings. The normalized spacial score (nSPS) is 18.1. The summed E-state index contributed by atoms with van der Waals surface area (Å²) in [6.45, 7) is 0. The number of benzene rings is 1. The Balaban J connectivity index is 1.83. The van der Waals surface area contributed by atoms with Crippen molar-refractivity contribution < 1.29 is 0 Å². The van der Waals surface area contributed by atoms with Crippen molar-refractivity contribution in [3.05, 3.63) is 34.9 Å². The molecule has 1 saturated carbocycles. The first kappa shape index (κ1) is 14.4. The van der Waals surface area contributed by atoms with Gasteiger partial charge in [0.05, 0.1) is 0 Å². The van der Waals surface area contributed by atoms with Crippen LogP contribution in [0, 0.1) is 11.8 Å². The van der Waals surface area contributed by atoms with Gasteiger partial charge >= 0.3 is 0 Å².